The van der Waals surface area contributed by atoms with E-state index in [1.165, 1.54) is 11.3 Å². The Hall–Kier alpha value is -0.810. The fourth-order valence-corrected chi connectivity index (χ4v) is 1.73. The van der Waals surface area contributed by atoms with Gasteiger partial charge in [0.2, 0.25) is 0 Å². The normalized spacial score (nSPS) is 10.7. The molecular weight excluding hydrogens is 184 g/mol. The lowest BCUT2D eigenvalue weighted by molar-refractivity contribution is 0.889. The van der Waals surface area contributed by atoms with E-state index in [-0.39, 0.29) is 0 Å². The summed E-state index contributed by atoms with van der Waals surface area (Å²) in [7, 11) is 0. The van der Waals surface area contributed by atoms with E-state index in [1.807, 2.05) is 6.92 Å². The molecule has 11 heavy (non-hydrogen) atoms. The zero-order valence-electron chi connectivity index (χ0n) is 5.58. The fourth-order valence-electron chi connectivity index (χ4n) is 0.768. The number of hydrogen-bond donors (Lipinski definition) is 0. The number of aromatic nitrogens is 4. The highest BCUT2D eigenvalue weighted by atomic mass is 35.5. The number of hydrogen-bond acceptors (Lipinski definition) is 5. The molecule has 0 spiro atoms. The van der Waals surface area contributed by atoms with Gasteiger partial charge >= 0.3 is 0 Å². The number of nitrogens with zero attached hydrogens (tertiary/aromatic N) is 4. The van der Waals surface area contributed by atoms with Crippen molar-refractivity contribution in [3.63, 3.8) is 0 Å². The molecule has 0 aromatic carbocycles. The number of thiazole rings is 1. The van der Waals surface area contributed by atoms with Gasteiger partial charge in [0.25, 0.3) is 0 Å². The van der Waals surface area contributed by atoms with E-state index < -0.39 is 0 Å². The van der Waals surface area contributed by atoms with Crippen LogP contribution in [-0.2, 0) is 0 Å². The molecule has 0 aliphatic carbocycles. The number of aryl methyl sites for hydroxylation is 1. The maximum absolute atomic E-state index is 5.73. The molecule has 4 nitrogen and oxygen atoms in total. The minimum Gasteiger partial charge on any atom is -0.220 e. The van der Waals surface area contributed by atoms with Crippen molar-refractivity contribution in [3.8, 4) is 0 Å². The lowest BCUT2D eigenvalue weighted by Gasteiger charge is -1.84. The Morgan fingerprint density at radius 1 is 1.36 bits per heavy atom. The first-order valence-corrected chi connectivity index (χ1v) is 4.09. The predicted octanol–water partition coefficient (Wildman–Crippen LogP) is 1.44. The van der Waals surface area contributed by atoms with Crippen molar-refractivity contribution < 1.29 is 0 Å². The fraction of sp³-hybridized carbons (Fsp3) is 0.200. The summed E-state index contributed by atoms with van der Waals surface area (Å²) in [4.78, 5) is 4.09. The van der Waals surface area contributed by atoms with Crippen LogP contribution in [0.25, 0.3) is 10.3 Å². The van der Waals surface area contributed by atoms with Crippen molar-refractivity contribution >= 4 is 33.3 Å². The molecule has 0 unspecified atom stereocenters. The largest absolute Gasteiger partial charge is 0.220 e. The van der Waals surface area contributed by atoms with Crippen molar-refractivity contribution in [2.24, 2.45) is 0 Å². The number of fused-ring (bicyclic) bond motifs is 1. The van der Waals surface area contributed by atoms with Gasteiger partial charge in [-0.2, -0.15) is 0 Å². The lowest BCUT2D eigenvalue weighted by Crippen LogP contribution is -1.86. The van der Waals surface area contributed by atoms with Crippen LogP contribution in [0.2, 0.25) is 5.15 Å². The van der Waals surface area contributed by atoms with Gasteiger partial charge in [-0.15, -0.1) is 21.5 Å². The molecule has 0 N–H and O–H groups in total. The SMILES string of the molecule is Cc1nc2nnnc(Cl)c2s1. The molecule has 0 saturated carbocycles. The van der Waals surface area contributed by atoms with Gasteiger partial charge in [-0.1, -0.05) is 11.6 Å². The first kappa shape index (κ1) is 6.87. The predicted molar refractivity (Wildman–Crippen MR) is 42.8 cm³/mol. The molecule has 56 valence electrons. The van der Waals surface area contributed by atoms with Crippen molar-refractivity contribution in [3.05, 3.63) is 10.2 Å². The van der Waals surface area contributed by atoms with E-state index in [4.69, 9.17) is 11.6 Å². The number of rotatable bonds is 0. The molecule has 0 fully saturated rings. The zero-order valence-corrected chi connectivity index (χ0v) is 7.15. The standard InChI is InChI=1S/C5H3ClN4S/c1-2-7-5-3(11-2)4(6)8-10-9-5/h1H3. The van der Waals surface area contributed by atoms with E-state index in [9.17, 15) is 0 Å². The van der Waals surface area contributed by atoms with Gasteiger partial charge in [-0.05, 0) is 12.1 Å². The zero-order chi connectivity index (χ0) is 7.84. The summed E-state index contributed by atoms with van der Waals surface area (Å²) in [5.74, 6) is 0. The molecule has 2 aromatic heterocycles. The number of halogens is 1. The molecule has 2 aromatic rings. The lowest BCUT2D eigenvalue weighted by atomic mass is 10.6. The molecule has 0 amide bonds. The van der Waals surface area contributed by atoms with E-state index >= 15 is 0 Å². The quantitative estimate of drug-likeness (QED) is 0.625. The molecule has 0 bridgehead atoms. The Balaban J connectivity index is 2.90. The first-order valence-electron chi connectivity index (χ1n) is 2.89. The van der Waals surface area contributed by atoms with Crippen LogP contribution in [0.4, 0.5) is 0 Å². The van der Waals surface area contributed by atoms with Crippen molar-refractivity contribution in [2.75, 3.05) is 0 Å². The summed E-state index contributed by atoms with van der Waals surface area (Å²) in [6.45, 7) is 1.89. The van der Waals surface area contributed by atoms with Crippen LogP contribution in [-0.4, -0.2) is 20.4 Å². The van der Waals surface area contributed by atoms with Gasteiger partial charge in [0.15, 0.2) is 10.8 Å². The van der Waals surface area contributed by atoms with Crippen LogP contribution < -0.4 is 0 Å². The summed E-state index contributed by atoms with van der Waals surface area (Å²) in [5.41, 5.74) is 0.576. The smallest absolute Gasteiger partial charge is 0.197 e. The highest BCUT2D eigenvalue weighted by Gasteiger charge is 2.06. The average molecular weight is 187 g/mol. The second kappa shape index (κ2) is 2.35. The van der Waals surface area contributed by atoms with E-state index in [0.29, 0.717) is 10.8 Å². The Kier molecular flexibility index (Phi) is 1.47. The topological polar surface area (TPSA) is 51.6 Å². The second-order valence-corrected chi connectivity index (χ2v) is 3.53. The van der Waals surface area contributed by atoms with Crippen LogP contribution in [0.15, 0.2) is 0 Å². The van der Waals surface area contributed by atoms with Crippen LogP contribution in [0.3, 0.4) is 0 Å². The maximum atomic E-state index is 5.73. The molecule has 0 saturated heterocycles. The molecule has 0 radical (unpaired) electrons. The maximum Gasteiger partial charge on any atom is 0.197 e. The third-order valence-electron chi connectivity index (χ3n) is 1.18. The first-order chi connectivity index (χ1) is 5.27. The van der Waals surface area contributed by atoms with Gasteiger partial charge in [0, 0.05) is 0 Å². The van der Waals surface area contributed by atoms with Crippen LogP contribution in [0, 0.1) is 6.92 Å². The molecule has 6 heteroatoms. The average Bonchev–Trinajstić information content (AvgIpc) is 2.31. The third kappa shape index (κ3) is 1.06. The minimum atomic E-state index is 0.376. The van der Waals surface area contributed by atoms with E-state index in [2.05, 4.69) is 20.4 Å². The Morgan fingerprint density at radius 2 is 2.18 bits per heavy atom. The monoisotopic (exact) mass is 186 g/mol. The van der Waals surface area contributed by atoms with Gasteiger partial charge < -0.3 is 0 Å². The van der Waals surface area contributed by atoms with Crippen LogP contribution in [0.5, 0.6) is 0 Å². The van der Waals surface area contributed by atoms with Gasteiger partial charge in [-0.25, -0.2) is 4.98 Å². The molecule has 0 atom stereocenters. The summed E-state index contributed by atoms with van der Waals surface area (Å²) in [6.07, 6.45) is 0. The van der Waals surface area contributed by atoms with Crippen molar-refractivity contribution in [2.45, 2.75) is 6.92 Å². The summed E-state index contributed by atoms with van der Waals surface area (Å²) in [5, 5.41) is 12.0. The summed E-state index contributed by atoms with van der Waals surface area (Å²) < 4.78 is 0.805. The van der Waals surface area contributed by atoms with E-state index in [1.54, 1.807) is 0 Å². The molecule has 2 heterocycles. The highest BCUT2D eigenvalue weighted by Crippen LogP contribution is 2.24. The van der Waals surface area contributed by atoms with E-state index in [0.717, 1.165) is 9.71 Å². The van der Waals surface area contributed by atoms with Gasteiger partial charge in [0.1, 0.15) is 4.70 Å². The molecule has 0 aliphatic rings. The summed E-state index contributed by atoms with van der Waals surface area (Å²) in [6, 6.07) is 0. The van der Waals surface area contributed by atoms with Crippen LogP contribution in [0.1, 0.15) is 5.01 Å². The second-order valence-electron chi connectivity index (χ2n) is 1.97. The molecule has 2 rings (SSSR count). The van der Waals surface area contributed by atoms with Crippen molar-refractivity contribution in [1.29, 1.82) is 0 Å². The third-order valence-corrected chi connectivity index (χ3v) is 2.52. The molecular formula is C5H3ClN4S. The summed E-state index contributed by atoms with van der Waals surface area (Å²) >= 11 is 7.20. The van der Waals surface area contributed by atoms with Gasteiger partial charge in [-0.3, -0.25) is 0 Å². The van der Waals surface area contributed by atoms with Gasteiger partial charge in [0.05, 0.1) is 5.01 Å². The Labute approximate surface area is 71.2 Å². The Bertz CT molecular complexity index is 398. The minimum absolute atomic E-state index is 0.376. The highest BCUT2D eigenvalue weighted by molar-refractivity contribution is 7.19. The van der Waals surface area contributed by atoms with Crippen molar-refractivity contribution in [1.82, 2.24) is 20.4 Å². The molecule has 0 aliphatic heterocycles. The Morgan fingerprint density at radius 3 is 2.91 bits per heavy atom. The van der Waals surface area contributed by atoms with Crippen LogP contribution >= 0.6 is 22.9 Å².